The van der Waals surface area contributed by atoms with Crippen LogP contribution in [0.25, 0.3) is 10.2 Å². The maximum absolute atomic E-state index is 14.9. The number of sulfonamides is 1. The summed E-state index contributed by atoms with van der Waals surface area (Å²) < 4.78 is 84.2. The molecule has 2 N–H and O–H groups in total. The van der Waals surface area contributed by atoms with Gasteiger partial charge in [0, 0.05) is 23.8 Å². The first-order valence-corrected chi connectivity index (χ1v) is 13.1. The summed E-state index contributed by atoms with van der Waals surface area (Å²) in [5.41, 5.74) is 0.752. The summed E-state index contributed by atoms with van der Waals surface area (Å²) in [4.78, 5) is 5.63. The van der Waals surface area contributed by atoms with Gasteiger partial charge in [0.2, 0.25) is 0 Å². The largest absolute Gasteiger partial charge is 0.573 e. The molecule has 13 heteroatoms. The second-order valence-electron chi connectivity index (χ2n) is 8.51. The Labute approximate surface area is 204 Å². The van der Waals surface area contributed by atoms with Gasteiger partial charge >= 0.3 is 6.36 Å². The van der Waals surface area contributed by atoms with Crippen molar-refractivity contribution >= 4 is 42.4 Å². The Hall–Kier alpha value is -2.64. The van der Waals surface area contributed by atoms with Crippen LogP contribution < -0.4 is 14.8 Å². The van der Waals surface area contributed by atoms with Crippen LogP contribution in [-0.2, 0) is 10.0 Å². The molecule has 1 aliphatic carbocycles. The van der Waals surface area contributed by atoms with Gasteiger partial charge in [0.05, 0.1) is 10.2 Å². The second-order valence-corrected chi connectivity index (χ2v) is 11.2. The average molecular weight is 533 g/mol. The molecule has 1 aliphatic rings. The molecule has 0 radical (unpaired) electrons. The van der Waals surface area contributed by atoms with Crippen molar-refractivity contribution in [2.24, 2.45) is 0 Å². The normalized spacial score (nSPS) is 19.2. The Morgan fingerprint density at radius 1 is 1.11 bits per heavy atom. The van der Waals surface area contributed by atoms with Gasteiger partial charge < -0.3 is 15.0 Å². The van der Waals surface area contributed by atoms with E-state index >= 15 is 0 Å². The van der Waals surface area contributed by atoms with Crippen LogP contribution in [0.15, 0.2) is 41.3 Å². The van der Waals surface area contributed by atoms with Crippen molar-refractivity contribution in [3.63, 3.8) is 0 Å². The van der Waals surface area contributed by atoms with Crippen LogP contribution in [0.1, 0.15) is 25.7 Å². The summed E-state index contributed by atoms with van der Waals surface area (Å²) in [7, 11) is -0.331. The number of thiazole rings is 1. The lowest BCUT2D eigenvalue weighted by Gasteiger charge is -2.37. The molecule has 0 bridgehead atoms. The lowest BCUT2D eigenvalue weighted by atomic mass is 9.89. The number of aromatic nitrogens is 1. The van der Waals surface area contributed by atoms with Gasteiger partial charge in [0.1, 0.15) is 16.5 Å². The molecule has 1 aromatic heterocycles. The maximum Gasteiger partial charge on any atom is 0.573 e. The predicted molar refractivity (Wildman–Crippen MR) is 127 cm³/mol. The molecule has 1 saturated carbocycles. The highest BCUT2D eigenvalue weighted by molar-refractivity contribution is 7.93. The molecule has 0 unspecified atom stereocenters. The zero-order valence-corrected chi connectivity index (χ0v) is 20.5. The number of fused-ring (bicyclic) bond motifs is 1. The number of alkyl halides is 3. The fraction of sp³-hybridized carbons (Fsp3) is 0.409. The molecule has 0 amide bonds. The van der Waals surface area contributed by atoms with Gasteiger partial charge in [-0.1, -0.05) is 24.2 Å². The van der Waals surface area contributed by atoms with Crippen molar-refractivity contribution in [1.82, 2.24) is 9.88 Å². The van der Waals surface area contributed by atoms with Crippen LogP contribution in [0, 0.1) is 5.82 Å². The van der Waals surface area contributed by atoms with Crippen LogP contribution in [0.5, 0.6) is 5.75 Å². The molecule has 7 nitrogen and oxygen atoms in total. The Kier molecular flexibility index (Phi) is 7.11. The summed E-state index contributed by atoms with van der Waals surface area (Å²) in [6.07, 6.45) is -0.714. The summed E-state index contributed by atoms with van der Waals surface area (Å²) in [5.74, 6) is -1.38. The number of hydrogen-bond donors (Lipinski definition) is 2. The van der Waals surface area contributed by atoms with Gasteiger partial charge in [0.25, 0.3) is 10.0 Å². The lowest BCUT2D eigenvalue weighted by molar-refractivity contribution is -0.274. The molecule has 3 aromatic rings. The number of ether oxygens (including phenoxy) is 1. The molecule has 0 spiro atoms. The van der Waals surface area contributed by atoms with Crippen LogP contribution >= 0.6 is 11.3 Å². The van der Waals surface area contributed by atoms with Gasteiger partial charge in [-0.05, 0) is 57.3 Å². The third kappa shape index (κ3) is 6.14. The van der Waals surface area contributed by atoms with Gasteiger partial charge in [-0.15, -0.1) is 13.2 Å². The van der Waals surface area contributed by atoms with E-state index in [1.807, 2.05) is 14.1 Å². The highest BCUT2D eigenvalue weighted by atomic mass is 32.2. The second kappa shape index (κ2) is 9.78. The number of benzene rings is 2. The number of nitrogens with one attached hydrogen (secondary N) is 2. The molecule has 4 rings (SSSR count). The average Bonchev–Trinajstić information content (AvgIpc) is 3.13. The van der Waals surface area contributed by atoms with Gasteiger partial charge in [-0.2, -0.15) is 0 Å². The Balaban J connectivity index is 1.51. The van der Waals surface area contributed by atoms with E-state index in [-0.39, 0.29) is 27.4 Å². The Morgan fingerprint density at radius 3 is 2.54 bits per heavy atom. The number of nitrogens with zero attached hydrogens (tertiary/aromatic N) is 2. The zero-order valence-electron chi connectivity index (χ0n) is 18.9. The summed E-state index contributed by atoms with van der Waals surface area (Å²) >= 11 is 0.806. The van der Waals surface area contributed by atoms with Crippen molar-refractivity contribution in [1.29, 1.82) is 0 Å². The van der Waals surface area contributed by atoms with E-state index in [1.165, 1.54) is 18.2 Å². The Morgan fingerprint density at radius 2 is 1.86 bits per heavy atom. The van der Waals surface area contributed by atoms with E-state index in [2.05, 4.69) is 24.7 Å². The first-order valence-electron chi connectivity index (χ1n) is 10.8. The van der Waals surface area contributed by atoms with Crippen LogP contribution in [-0.4, -0.2) is 50.8 Å². The molecule has 2 aromatic carbocycles. The maximum atomic E-state index is 14.9. The van der Waals surface area contributed by atoms with Crippen LogP contribution in [0.4, 0.5) is 28.4 Å². The molecule has 1 fully saturated rings. The topological polar surface area (TPSA) is 83.6 Å². The highest BCUT2D eigenvalue weighted by Gasteiger charge is 2.31. The fourth-order valence-electron chi connectivity index (χ4n) is 4.24. The highest BCUT2D eigenvalue weighted by Crippen LogP contribution is 2.33. The van der Waals surface area contributed by atoms with Crippen molar-refractivity contribution in [2.45, 2.75) is 49.0 Å². The number of halogens is 4. The summed E-state index contributed by atoms with van der Waals surface area (Å²) in [5, 5.41) is 3.21. The van der Waals surface area contributed by atoms with Crippen LogP contribution in [0.2, 0.25) is 0 Å². The number of hydrogen-bond acceptors (Lipinski definition) is 7. The van der Waals surface area contributed by atoms with Crippen molar-refractivity contribution in [3.8, 4) is 5.75 Å². The van der Waals surface area contributed by atoms with Gasteiger partial charge in [-0.25, -0.2) is 17.8 Å². The molecule has 0 aliphatic heterocycles. The van der Waals surface area contributed by atoms with Crippen molar-refractivity contribution in [2.75, 3.05) is 24.1 Å². The molecule has 2 atom stereocenters. The van der Waals surface area contributed by atoms with E-state index < -0.39 is 32.8 Å². The minimum Gasteiger partial charge on any atom is -0.406 e. The Bertz CT molecular complexity index is 1310. The molecule has 0 saturated heterocycles. The molecular weight excluding hydrogens is 508 g/mol. The van der Waals surface area contributed by atoms with Crippen LogP contribution in [0.3, 0.4) is 0 Å². The minimum absolute atomic E-state index is 0.109. The predicted octanol–water partition coefficient (Wildman–Crippen LogP) is 5.42. The molecule has 35 heavy (non-hydrogen) atoms. The van der Waals surface area contributed by atoms with E-state index in [4.69, 9.17) is 0 Å². The first kappa shape index (κ1) is 25.5. The lowest BCUT2D eigenvalue weighted by Crippen LogP contribution is -2.45. The summed E-state index contributed by atoms with van der Waals surface area (Å²) in [6, 6.07) is 7.70. The van der Waals surface area contributed by atoms with E-state index in [1.54, 1.807) is 0 Å². The summed E-state index contributed by atoms with van der Waals surface area (Å²) in [6.45, 7) is 0. The number of likely N-dealkylation sites (N-methyl/N-ethyl adjacent to an activating group) is 1. The van der Waals surface area contributed by atoms with E-state index in [9.17, 15) is 26.0 Å². The zero-order chi connectivity index (χ0) is 25.4. The third-order valence-electron chi connectivity index (χ3n) is 5.78. The van der Waals surface area contributed by atoms with Gasteiger partial charge in [-0.3, -0.25) is 4.72 Å². The standard InChI is InChI=1S/C22H24F4N4O3S2/c1-30(2)18-6-4-3-5-16(18)27-13-7-10-20(15(23)11-13)35(31,32)29-21-28-17-9-8-14(12-19(17)34-21)33-22(24,25)26/h7-12,16,18,27H,3-6H2,1-2H3,(H,28,29)/t16-,18-/m0/s1. The SMILES string of the molecule is CN(C)[C@H]1CCCC[C@@H]1Nc1ccc(S(=O)(=O)Nc2nc3ccc(OC(F)(F)F)cc3s2)c(F)c1. The van der Waals surface area contributed by atoms with E-state index in [0.717, 1.165) is 55.2 Å². The monoisotopic (exact) mass is 532 g/mol. The van der Waals surface area contributed by atoms with Gasteiger partial charge in [0.15, 0.2) is 5.13 Å². The first-order chi connectivity index (χ1) is 16.4. The minimum atomic E-state index is -4.86. The van der Waals surface area contributed by atoms with Crippen molar-refractivity contribution < 1.29 is 30.7 Å². The molecular formula is C22H24F4N4O3S2. The number of rotatable bonds is 7. The quantitative estimate of drug-likeness (QED) is 0.396. The smallest absolute Gasteiger partial charge is 0.406 e. The third-order valence-corrected chi connectivity index (χ3v) is 8.22. The molecule has 190 valence electrons. The number of anilines is 2. The van der Waals surface area contributed by atoms with E-state index in [0.29, 0.717) is 5.69 Å². The van der Waals surface area contributed by atoms with Crippen molar-refractivity contribution in [3.05, 3.63) is 42.2 Å². The molecule has 1 heterocycles. The fourth-order valence-corrected chi connectivity index (χ4v) is 6.43.